The van der Waals surface area contributed by atoms with Gasteiger partial charge in [0.25, 0.3) is 5.91 Å². The lowest BCUT2D eigenvalue weighted by atomic mass is 9.73. The van der Waals surface area contributed by atoms with Crippen molar-refractivity contribution in [1.29, 1.82) is 0 Å². The highest BCUT2D eigenvalue weighted by Crippen LogP contribution is 2.38. The van der Waals surface area contributed by atoms with Crippen molar-refractivity contribution in [3.05, 3.63) is 23.9 Å². The summed E-state index contributed by atoms with van der Waals surface area (Å²) >= 11 is 0. The van der Waals surface area contributed by atoms with E-state index in [4.69, 9.17) is 0 Å². The van der Waals surface area contributed by atoms with Crippen LogP contribution in [0.25, 0.3) is 0 Å². The lowest BCUT2D eigenvalue weighted by Gasteiger charge is -2.36. The van der Waals surface area contributed by atoms with Crippen LogP contribution in [-0.2, 0) is 9.59 Å². The molecular formula is C17H22N4O3. The molecule has 0 radical (unpaired) electrons. The van der Waals surface area contributed by atoms with E-state index in [-0.39, 0.29) is 18.4 Å². The molecule has 1 saturated carbocycles. The molecule has 4 amide bonds. The van der Waals surface area contributed by atoms with E-state index in [0.717, 1.165) is 29.7 Å². The van der Waals surface area contributed by atoms with Crippen molar-refractivity contribution in [2.24, 2.45) is 5.92 Å². The molecule has 2 heterocycles. The van der Waals surface area contributed by atoms with E-state index in [9.17, 15) is 14.4 Å². The molecule has 3 rings (SSSR count). The first kappa shape index (κ1) is 16.4. The predicted octanol–water partition coefficient (Wildman–Crippen LogP) is 1.83. The highest BCUT2D eigenvalue weighted by molar-refractivity contribution is 6.10. The van der Waals surface area contributed by atoms with Crippen molar-refractivity contribution in [1.82, 2.24) is 15.2 Å². The molecule has 1 aliphatic carbocycles. The molecule has 2 fully saturated rings. The van der Waals surface area contributed by atoms with Crippen LogP contribution in [0, 0.1) is 12.8 Å². The maximum atomic E-state index is 12.8. The van der Waals surface area contributed by atoms with Crippen LogP contribution in [0.15, 0.2) is 18.3 Å². The Morgan fingerprint density at radius 1 is 1.42 bits per heavy atom. The molecule has 7 heteroatoms. The Morgan fingerprint density at radius 2 is 2.21 bits per heavy atom. The Morgan fingerprint density at radius 3 is 2.88 bits per heavy atom. The molecular weight excluding hydrogens is 308 g/mol. The predicted molar refractivity (Wildman–Crippen MR) is 88.2 cm³/mol. The van der Waals surface area contributed by atoms with E-state index in [1.165, 1.54) is 0 Å². The molecule has 1 saturated heterocycles. The van der Waals surface area contributed by atoms with Gasteiger partial charge < -0.3 is 10.6 Å². The van der Waals surface area contributed by atoms with Crippen LogP contribution in [0.5, 0.6) is 0 Å². The second kappa shape index (κ2) is 6.22. The molecule has 1 aromatic rings. The number of pyridine rings is 1. The van der Waals surface area contributed by atoms with Gasteiger partial charge in [-0.15, -0.1) is 0 Å². The Bertz CT molecular complexity index is 673. The minimum absolute atomic E-state index is 0.0783. The van der Waals surface area contributed by atoms with Crippen LogP contribution in [0.3, 0.4) is 0 Å². The van der Waals surface area contributed by atoms with Crippen LogP contribution < -0.4 is 10.6 Å². The number of anilines is 1. The number of carbonyl (C=O) groups excluding carboxylic acids is 3. The van der Waals surface area contributed by atoms with E-state index >= 15 is 0 Å². The van der Waals surface area contributed by atoms with Gasteiger partial charge in [0, 0.05) is 6.20 Å². The zero-order valence-corrected chi connectivity index (χ0v) is 14.0. The number of urea groups is 1. The Balaban J connectivity index is 1.68. The van der Waals surface area contributed by atoms with Gasteiger partial charge in [-0.2, -0.15) is 0 Å². The molecule has 1 aromatic heterocycles. The van der Waals surface area contributed by atoms with Crippen LogP contribution >= 0.6 is 0 Å². The number of hydrogen-bond donors (Lipinski definition) is 2. The number of nitrogens with zero attached hydrogens (tertiary/aromatic N) is 2. The summed E-state index contributed by atoms with van der Waals surface area (Å²) in [5, 5.41) is 5.45. The molecule has 2 aliphatic rings. The quantitative estimate of drug-likeness (QED) is 0.827. The third-order valence-electron chi connectivity index (χ3n) is 4.98. The summed E-state index contributed by atoms with van der Waals surface area (Å²) in [7, 11) is 0. The van der Waals surface area contributed by atoms with Gasteiger partial charge >= 0.3 is 6.03 Å². The SMILES string of the molecule is Cc1ccc(NC(=O)CN2C(=O)N[C@]3(CCCC[C@H]3C)C2=O)nc1. The van der Waals surface area contributed by atoms with Crippen molar-refractivity contribution in [3.8, 4) is 0 Å². The number of amides is 4. The maximum Gasteiger partial charge on any atom is 0.325 e. The first-order valence-electron chi connectivity index (χ1n) is 8.29. The zero-order valence-electron chi connectivity index (χ0n) is 14.0. The van der Waals surface area contributed by atoms with Gasteiger partial charge in [0.15, 0.2) is 0 Å². The van der Waals surface area contributed by atoms with Crippen LogP contribution in [-0.4, -0.2) is 39.8 Å². The first-order valence-corrected chi connectivity index (χ1v) is 8.29. The molecule has 0 bridgehead atoms. The third-order valence-corrected chi connectivity index (χ3v) is 4.98. The second-order valence-corrected chi connectivity index (χ2v) is 6.71. The molecule has 0 unspecified atom stereocenters. The van der Waals surface area contributed by atoms with Gasteiger partial charge in [-0.3, -0.25) is 14.5 Å². The van der Waals surface area contributed by atoms with E-state index in [2.05, 4.69) is 15.6 Å². The summed E-state index contributed by atoms with van der Waals surface area (Å²) in [6.45, 7) is 3.59. The van der Waals surface area contributed by atoms with Gasteiger partial charge in [0.1, 0.15) is 17.9 Å². The average Bonchev–Trinajstić information content (AvgIpc) is 2.78. The van der Waals surface area contributed by atoms with Gasteiger partial charge in [-0.25, -0.2) is 9.78 Å². The van der Waals surface area contributed by atoms with Crippen molar-refractivity contribution >= 4 is 23.7 Å². The lowest BCUT2D eigenvalue weighted by Crippen LogP contribution is -2.54. The zero-order chi connectivity index (χ0) is 17.3. The minimum atomic E-state index is -0.836. The summed E-state index contributed by atoms with van der Waals surface area (Å²) in [5.41, 5.74) is 0.146. The molecule has 1 spiro atoms. The highest BCUT2D eigenvalue weighted by Gasteiger charge is 2.55. The maximum absolute atomic E-state index is 12.8. The number of imide groups is 1. The lowest BCUT2D eigenvalue weighted by molar-refractivity contribution is -0.136. The first-order chi connectivity index (χ1) is 11.4. The molecule has 128 valence electrons. The Kier molecular flexibility index (Phi) is 4.26. The van der Waals surface area contributed by atoms with Gasteiger partial charge in [-0.05, 0) is 37.3 Å². The number of nitrogens with one attached hydrogen (secondary N) is 2. The summed E-state index contributed by atoms with van der Waals surface area (Å²) in [4.78, 5) is 42.3. The van der Waals surface area contributed by atoms with Crippen molar-refractivity contribution < 1.29 is 14.4 Å². The number of carbonyl (C=O) groups is 3. The summed E-state index contributed by atoms with van der Waals surface area (Å²) in [6.07, 6.45) is 5.15. The minimum Gasteiger partial charge on any atom is -0.323 e. The van der Waals surface area contributed by atoms with E-state index in [0.29, 0.717) is 12.2 Å². The molecule has 24 heavy (non-hydrogen) atoms. The molecule has 0 aromatic carbocycles. The number of aryl methyl sites for hydroxylation is 1. The number of hydrogen-bond acceptors (Lipinski definition) is 4. The smallest absolute Gasteiger partial charge is 0.323 e. The molecule has 2 N–H and O–H groups in total. The number of rotatable bonds is 3. The fourth-order valence-corrected chi connectivity index (χ4v) is 3.51. The van der Waals surface area contributed by atoms with Crippen molar-refractivity contribution in [2.45, 2.75) is 45.1 Å². The topological polar surface area (TPSA) is 91.4 Å². The van der Waals surface area contributed by atoms with Gasteiger partial charge in [-0.1, -0.05) is 25.8 Å². The molecule has 7 nitrogen and oxygen atoms in total. The molecule has 2 atom stereocenters. The Hall–Kier alpha value is -2.44. The summed E-state index contributed by atoms with van der Waals surface area (Å²) < 4.78 is 0. The largest absolute Gasteiger partial charge is 0.325 e. The normalized spacial score (nSPS) is 26.6. The fourth-order valence-electron chi connectivity index (χ4n) is 3.51. The van der Waals surface area contributed by atoms with Crippen LogP contribution in [0.2, 0.25) is 0 Å². The fraction of sp³-hybridized carbons (Fsp3) is 0.529. The molecule has 1 aliphatic heterocycles. The summed E-state index contributed by atoms with van der Waals surface area (Å²) in [6, 6.07) is 3.03. The monoisotopic (exact) mass is 330 g/mol. The van der Waals surface area contributed by atoms with E-state index < -0.39 is 17.5 Å². The van der Waals surface area contributed by atoms with Gasteiger partial charge in [0.2, 0.25) is 5.91 Å². The van der Waals surface area contributed by atoms with Gasteiger partial charge in [0.05, 0.1) is 0 Å². The van der Waals surface area contributed by atoms with Crippen molar-refractivity contribution in [2.75, 3.05) is 11.9 Å². The van der Waals surface area contributed by atoms with E-state index in [1.807, 2.05) is 19.9 Å². The average molecular weight is 330 g/mol. The standard InChI is InChI=1S/C17H22N4O3/c1-11-6-7-13(18-9-11)19-14(22)10-21-15(23)17(20-16(21)24)8-4-3-5-12(17)2/h6-7,9,12H,3-5,8,10H2,1-2H3,(H,20,24)(H,18,19,22)/t12-,17+/m1/s1. The summed E-state index contributed by atoms with van der Waals surface area (Å²) in [5.74, 6) is -0.241. The third kappa shape index (κ3) is 2.86. The van der Waals surface area contributed by atoms with Crippen LogP contribution in [0.1, 0.15) is 38.2 Å². The highest BCUT2D eigenvalue weighted by atomic mass is 16.2. The van der Waals surface area contributed by atoms with Crippen LogP contribution in [0.4, 0.5) is 10.6 Å². The van der Waals surface area contributed by atoms with E-state index in [1.54, 1.807) is 12.3 Å². The number of aromatic nitrogens is 1. The Labute approximate surface area is 140 Å². The second-order valence-electron chi connectivity index (χ2n) is 6.71. The van der Waals surface area contributed by atoms with Crippen molar-refractivity contribution in [3.63, 3.8) is 0 Å².